The minimum atomic E-state index is -0.132. The first-order chi connectivity index (χ1) is 13.7. The van der Waals surface area contributed by atoms with E-state index in [2.05, 4.69) is 26.6 Å². The molecular weight excluding hydrogens is 392 g/mol. The summed E-state index contributed by atoms with van der Waals surface area (Å²) in [5.41, 5.74) is 1.95. The van der Waals surface area contributed by atoms with Crippen molar-refractivity contribution in [1.82, 2.24) is 15.2 Å². The minimum Gasteiger partial charge on any atom is -0.411 e. The van der Waals surface area contributed by atoms with E-state index in [1.165, 1.54) is 35.9 Å². The molecule has 2 aromatic carbocycles. The highest BCUT2D eigenvalue weighted by molar-refractivity contribution is 7.99. The third kappa shape index (κ3) is 3.79. The Morgan fingerprint density at radius 1 is 1.18 bits per heavy atom. The smallest absolute Gasteiger partial charge is 0.277 e. The molecule has 4 aromatic rings. The van der Waals surface area contributed by atoms with Crippen LogP contribution in [0.2, 0.25) is 0 Å². The number of aromatic nitrogens is 3. The van der Waals surface area contributed by atoms with Gasteiger partial charge < -0.3 is 9.73 Å². The number of rotatable bonds is 6. The highest BCUT2D eigenvalue weighted by atomic mass is 32.2. The summed E-state index contributed by atoms with van der Waals surface area (Å²) in [6, 6.07) is 14.1. The molecule has 0 bridgehead atoms. The number of carbonyl (C=O) groups is 1. The standard InChI is InChI=1S/C20H16N4O2S2/c25-17(22-19-21-16(10-27-19)13-6-7-13)11-28-20-24-23-18(26-20)15-8-5-12-3-1-2-4-14(12)9-15/h1-5,8-10,13H,6-7,11H2,(H,21,22,25). The Hall–Kier alpha value is -2.71. The van der Waals surface area contributed by atoms with Crippen molar-refractivity contribution < 1.29 is 9.21 Å². The summed E-state index contributed by atoms with van der Waals surface area (Å²) < 4.78 is 5.71. The average Bonchev–Trinajstić information content (AvgIpc) is 3.28. The van der Waals surface area contributed by atoms with Gasteiger partial charge in [0.1, 0.15) is 0 Å². The Balaban J connectivity index is 1.21. The quantitative estimate of drug-likeness (QED) is 0.455. The molecule has 1 aliphatic carbocycles. The maximum Gasteiger partial charge on any atom is 0.277 e. The SMILES string of the molecule is O=C(CSc1nnc(-c2ccc3ccccc3c2)o1)Nc1nc(C2CC2)cs1. The van der Waals surface area contributed by atoms with Crippen LogP contribution in [0.15, 0.2) is 57.5 Å². The molecule has 0 unspecified atom stereocenters. The monoisotopic (exact) mass is 408 g/mol. The first-order valence-corrected chi connectivity index (χ1v) is 10.8. The van der Waals surface area contributed by atoms with Gasteiger partial charge in [0.05, 0.1) is 11.4 Å². The van der Waals surface area contributed by atoms with Crippen molar-refractivity contribution in [3.63, 3.8) is 0 Å². The number of nitrogens with one attached hydrogen (secondary N) is 1. The number of thioether (sulfide) groups is 1. The van der Waals surface area contributed by atoms with Gasteiger partial charge in [-0.15, -0.1) is 21.5 Å². The van der Waals surface area contributed by atoms with Gasteiger partial charge in [0.2, 0.25) is 11.8 Å². The summed E-state index contributed by atoms with van der Waals surface area (Å²) in [6.45, 7) is 0. The van der Waals surface area contributed by atoms with Gasteiger partial charge in [-0.3, -0.25) is 4.79 Å². The second-order valence-corrected chi connectivity index (χ2v) is 8.41. The number of nitrogens with zero attached hydrogens (tertiary/aromatic N) is 3. The van der Waals surface area contributed by atoms with Crippen molar-refractivity contribution in [3.8, 4) is 11.5 Å². The van der Waals surface area contributed by atoms with Gasteiger partial charge in [-0.1, -0.05) is 42.1 Å². The van der Waals surface area contributed by atoms with E-state index in [4.69, 9.17) is 4.42 Å². The molecule has 0 saturated heterocycles. The number of fused-ring (bicyclic) bond motifs is 1. The maximum atomic E-state index is 12.1. The van der Waals surface area contributed by atoms with E-state index in [9.17, 15) is 4.79 Å². The zero-order valence-corrected chi connectivity index (χ0v) is 16.4. The number of hydrogen-bond acceptors (Lipinski definition) is 7. The van der Waals surface area contributed by atoms with Crippen LogP contribution in [0.5, 0.6) is 0 Å². The van der Waals surface area contributed by atoms with Crippen LogP contribution in [0.4, 0.5) is 5.13 Å². The normalized spacial score (nSPS) is 13.7. The van der Waals surface area contributed by atoms with E-state index in [1.807, 2.05) is 41.8 Å². The highest BCUT2D eigenvalue weighted by Gasteiger charge is 2.26. The predicted octanol–water partition coefficient (Wildman–Crippen LogP) is 4.95. The fraction of sp³-hybridized carbons (Fsp3) is 0.200. The van der Waals surface area contributed by atoms with Gasteiger partial charge in [0.15, 0.2) is 5.13 Å². The van der Waals surface area contributed by atoms with Gasteiger partial charge in [-0.25, -0.2) is 4.98 Å². The van der Waals surface area contributed by atoms with Crippen LogP contribution in [0.1, 0.15) is 24.5 Å². The Labute approximate surface area is 169 Å². The van der Waals surface area contributed by atoms with Crippen LogP contribution in [-0.2, 0) is 4.79 Å². The molecule has 1 aliphatic rings. The number of thiazole rings is 1. The molecule has 1 amide bonds. The Bertz CT molecular complexity index is 1150. The summed E-state index contributed by atoms with van der Waals surface area (Å²) in [6.07, 6.45) is 2.40. The number of amides is 1. The number of carbonyl (C=O) groups excluding carboxylic acids is 1. The molecule has 2 aromatic heterocycles. The third-order valence-corrected chi connectivity index (χ3v) is 6.09. The van der Waals surface area contributed by atoms with Crippen molar-refractivity contribution in [1.29, 1.82) is 0 Å². The Morgan fingerprint density at radius 3 is 2.89 bits per heavy atom. The maximum absolute atomic E-state index is 12.1. The van der Waals surface area contributed by atoms with Crippen LogP contribution in [0, 0.1) is 0 Å². The van der Waals surface area contributed by atoms with Crippen LogP contribution in [0.3, 0.4) is 0 Å². The molecule has 0 atom stereocenters. The summed E-state index contributed by atoms with van der Waals surface area (Å²) in [7, 11) is 0. The topological polar surface area (TPSA) is 80.9 Å². The molecule has 1 saturated carbocycles. The first kappa shape index (κ1) is 17.4. The average molecular weight is 409 g/mol. The fourth-order valence-electron chi connectivity index (χ4n) is 2.90. The van der Waals surface area contributed by atoms with Gasteiger partial charge in [-0.05, 0) is 35.7 Å². The third-order valence-electron chi connectivity index (χ3n) is 4.49. The van der Waals surface area contributed by atoms with Crippen molar-refractivity contribution >= 4 is 44.9 Å². The second kappa shape index (κ2) is 7.37. The molecule has 28 heavy (non-hydrogen) atoms. The highest BCUT2D eigenvalue weighted by Crippen LogP contribution is 2.40. The van der Waals surface area contributed by atoms with Crippen LogP contribution < -0.4 is 5.32 Å². The second-order valence-electron chi connectivity index (χ2n) is 6.62. The summed E-state index contributed by atoms with van der Waals surface area (Å²) in [5.74, 6) is 1.09. The van der Waals surface area contributed by atoms with E-state index in [0.717, 1.165) is 22.0 Å². The summed E-state index contributed by atoms with van der Waals surface area (Å²) >= 11 is 2.68. The zero-order chi connectivity index (χ0) is 18.9. The van der Waals surface area contributed by atoms with E-state index in [0.29, 0.717) is 22.2 Å². The van der Waals surface area contributed by atoms with Crippen LogP contribution in [0.25, 0.3) is 22.2 Å². The Kier molecular flexibility index (Phi) is 4.58. The lowest BCUT2D eigenvalue weighted by Gasteiger charge is -2.00. The van der Waals surface area contributed by atoms with Gasteiger partial charge in [0, 0.05) is 16.9 Å². The molecule has 1 fully saturated rings. The van der Waals surface area contributed by atoms with E-state index in [1.54, 1.807) is 0 Å². The molecule has 0 spiro atoms. The largest absolute Gasteiger partial charge is 0.411 e. The first-order valence-electron chi connectivity index (χ1n) is 8.95. The lowest BCUT2D eigenvalue weighted by Crippen LogP contribution is -2.13. The van der Waals surface area contributed by atoms with Gasteiger partial charge >= 0.3 is 0 Å². The molecule has 8 heteroatoms. The number of anilines is 1. The molecule has 2 heterocycles. The van der Waals surface area contributed by atoms with Crippen LogP contribution >= 0.6 is 23.1 Å². The zero-order valence-electron chi connectivity index (χ0n) is 14.8. The molecule has 1 N–H and O–H groups in total. The molecule has 140 valence electrons. The van der Waals surface area contributed by atoms with E-state index < -0.39 is 0 Å². The number of benzene rings is 2. The molecule has 6 nitrogen and oxygen atoms in total. The molecule has 5 rings (SSSR count). The summed E-state index contributed by atoms with van der Waals surface area (Å²) in [5, 5.41) is 16.3. The van der Waals surface area contributed by atoms with Crippen LogP contribution in [-0.4, -0.2) is 26.8 Å². The Morgan fingerprint density at radius 2 is 2.04 bits per heavy atom. The minimum absolute atomic E-state index is 0.132. The van der Waals surface area contributed by atoms with Gasteiger partial charge in [-0.2, -0.15) is 0 Å². The molecular formula is C20H16N4O2S2. The molecule has 0 aliphatic heterocycles. The number of hydrogen-bond donors (Lipinski definition) is 1. The van der Waals surface area contributed by atoms with Crippen molar-refractivity contribution in [2.45, 2.75) is 24.0 Å². The van der Waals surface area contributed by atoms with Crippen molar-refractivity contribution in [2.75, 3.05) is 11.1 Å². The molecule has 0 radical (unpaired) electrons. The summed E-state index contributed by atoms with van der Waals surface area (Å²) in [4.78, 5) is 16.6. The lowest BCUT2D eigenvalue weighted by molar-refractivity contribution is -0.113. The van der Waals surface area contributed by atoms with E-state index in [-0.39, 0.29) is 11.7 Å². The lowest BCUT2D eigenvalue weighted by atomic mass is 10.1. The predicted molar refractivity (Wildman–Crippen MR) is 111 cm³/mol. The van der Waals surface area contributed by atoms with Gasteiger partial charge in [0.25, 0.3) is 5.22 Å². The van der Waals surface area contributed by atoms with Crippen molar-refractivity contribution in [2.24, 2.45) is 0 Å². The van der Waals surface area contributed by atoms with Crippen molar-refractivity contribution in [3.05, 3.63) is 53.5 Å². The fourth-order valence-corrected chi connectivity index (χ4v) is 4.27. The van der Waals surface area contributed by atoms with E-state index >= 15 is 0 Å².